The van der Waals surface area contributed by atoms with Crippen LogP contribution in [-0.2, 0) is 0 Å². The Hall–Kier alpha value is -0.0800. The zero-order chi connectivity index (χ0) is 11.6. The summed E-state index contributed by atoms with van der Waals surface area (Å²) in [6.45, 7) is 10.8. The maximum absolute atomic E-state index is 3.70. The fourth-order valence-corrected chi connectivity index (χ4v) is 3.35. The van der Waals surface area contributed by atoms with Crippen molar-refractivity contribution in [3.63, 3.8) is 0 Å². The van der Waals surface area contributed by atoms with E-state index >= 15 is 0 Å². The van der Waals surface area contributed by atoms with Crippen molar-refractivity contribution in [3.8, 4) is 0 Å². The Kier molecular flexibility index (Phi) is 3.91. The van der Waals surface area contributed by atoms with Gasteiger partial charge in [0.2, 0.25) is 0 Å². The lowest BCUT2D eigenvalue weighted by Crippen LogP contribution is -2.63. The number of piperazine rings is 1. The first kappa shape index (κ1) is 12.4. The van der Waals surface area contributed by atoms with Crippen LogP contribution in [0.15, 0.2) is 0 Å². The van der Waals surface area contributed by atoms with Crippen LogP contribution in [0.2, 0.25) is 0 Å². The molecule has 2 nitrogen and oxygen atoms in total. The van der Waals surface area contributed by atoms with Crippen LogP contribution >= 0.6 is 0 Å². The van der Waals surface area contributed by atoms with E-state index in [9.17, 15) is 0 Å². The summed E-state index contributed by atoms with van der Waals surface area (Å²) in [5, 5.41) is 3.70. The average molecular weight is 224 g/mol. The summed E-state index contributed by atoms with van der Waals surface area (Å²) in [5.74, 6) is 0.816. The standard InChI is InChI=1S/C14H28N2/c1-4-12(3)13-11-16(10-9-15-13)14(5-2)7-6-8-14/h12-13,15H,4-11H2,1-3H3. The van der Waals surface area contributed by atoms with Gasteiger partial charge in [0.05, 0.1) is 0 Å². The highest BCUT2D eigenvalue weighted by molar-refractivity contribution is 5.00. The van der Waals surface area contributed by atoms with Crippen molar-refractivity contribution in [2.45, 2.75) is 64.5 Å². The highest BCUT2D eigenvalue weighted by Gasteiger charge is 2.42. The Bertz CT molecular complexity index is 217. The minimum Gasteiger partial charge on any atom is -0.311 e. The Balaban J connectivity index is 1.95. The van der Waals surface area contributed by atoms with Crippen molar-refractivity contribution in [1.29, 1.82) is 0 Å². The quantitative estimate of drug-likeness (QED) is 0.790. The molecule has 1 N–H and O–H groups in total. The molecule has 1 aliphatic heterocycles. The molecule has 94 valence electrons. The van der Waals surface area contributed by atoms with Crippen molar-refractivity contribution in [2.24, 2.45) is 5.92 Å². The van der Waals surface area contributed by atoms with E-state index in [0.717, 1.165) is 12.0 Å². The normalized spacial score (nSPS) is 32.1. The molecular weight excluding hydrogens is 196 g/mol. The molecule has 0 aromatic rings. The molecule has 0 bridgehead atoms. The minimum absolute atomic E-state index is 0.591. The van der Waals surface area contributed by atoms with E-state index in [1.54, 1.807) is 0 Å². The van der Waals surface area contributed by atoms with E-state index in [4.69, 9.17) is 0 Å². The predicted octanol–water partition coefficient (Wildman–Crippen LogP) is 2.64. The largest absolute Gasteiger partial charge is 0.311 e. The van der Waals surface area contributed by atoms with Gasteiger partial charge in [0, 0.05) is 31.2 Å². The lowest BCUT2D eigenvalue weighted by Gasteiger charge is -2.53. The summed E-state index contributed by atoms with van der Waals surface area (Å²) >= 11 is 0. The molecule has 0 aromatic heterocycles. The first-order valence-electron chi connectivity index (χ1n) is 7.20. The molecule has 2 fully saturated rings. The van der Waals surface area contributed by atoms with Gasteiger partial charge >= 0.3 is 0 Å². The Morgan fingerprint density at radius 1 is 1.38 bits per heavy atom. The summed E-state index contributed by atoms with van der Waals surface area (Å²) in [4.78, 5) is 2.80. The number of hydrogen-bond donors (Lipinski definition) is 1. The molecule has 1 heterocycles. The molecule has 2 aliphatic rings. The maximum atomic E-state index is 3.70. The van der Waals surface area contributed by atoms with Crippen molar-refractivity contribution in [1.82, 2.24) is 10.2 Å². The first-order valence-corrected chi connectivity index (χ1v) is 7.20. The number of nitrogens with zero attached hydrogens (tertiary/aromatic N) is 1. The minimum atomic E-state index is 0.591. The third-order valence-corrected chi connectivity index (χ3v) is 5.15. The Morgan fingerprint density at radius 3 is 2.62 bits per heavy atom. The summed E-state index contributed by atoms with van der Waals surface area (Å²) in [5.41, 5.74) is 0.591. The zero-order valence-corrected chi connectivity index (χ0v) is 11.3. The maximum Gasteiger partial charge on any atom is 0.0221 e. The smallest absolute Gasteiger partial charge is 0.0221 e. The van der Waals surface area contributed by atoms with Gasteiger partial charge in [0.15, 0.2) is 0 Å². The molecule has 0 amide bonds. The number of rotatable bonds is 4. The fraction of sp³-hybridized carbons (Fsp3) is 1.00. The molecule has 0 aromatic carbocycles. The topological polar surface area (TPSA) is 15.3 Å². The van der Waals surface area contributed by atoms with Gasteiger partial charge in [-0.1, -0.05) is 27.2 Å². The monoisotopic (exact) mass is 224 g/mol. The van der Waals surface area contributed by atoms with Crippen molar-refractivity contribution < 1.29 is 0 Å². The molecule has 0 spiro atoms. The second kappa shape index (κ2) is 5.05. The second-order valence-electron chi connectivity index (χ2n) is 5.82. The van der Waals surface area contributed by atoms with E-state index in [1.165, 1.54) is 51.7 Å². The number of hydrogen-bond acceptors (Lipinski definition) is 2. The van der Waals surface area contributed by atoms with E-state index in [1.807, 2.05) is 0 Å². The lowest BCUT2D eigenvalue weighted by atomic mass is 9.72. The third-order valence-electron chi connectivity index (χ3n) is 5.15. The van der Waals surface area contributed by atoms with Gasteiger partial charge in [0.1, 0.15) is 0 Å². The van der Waals surface area contributed by atoms with E-state index in [2.05, 4.69) is 31.0 Å². The van der Waals surface area contributed by atoms with Crippen LogP contribution in [0, 0.1) is 5.92 Å². The molecule has 2 unspecified atom stereocenters. The first-order chi connectivity index (χ1) is 7.72. The molecule has 2 atom stereocenters. The summed E-state index contributed by atoms with van der Waals surface area (Å²) in [6, 6.07) is 0.725. The van der Waals surface area contributed by atoms with Crippen LogP contribution < -0.4 is 5.32 Å². The molecule has 2 heteroatoms. The highest BCUT2D eigenvalue weighted by atomic mass is 15.3. The predicted molar refractivity (Wildman–Crippen MR) is 69.7 cm³/mol. The van der Waals surface area contributed by atoms with Gasteiger partial charge in [-0.05, 0) is 31.6 Å². The average Bonchev–Trinajstić information content (AvgIpc) is 2.28. The molecule has 2 rings (SSSR count). The molecular formula is C14H28N2. The highest BCUT2D eigenvalue weighted by Crippen LogP contribution is 2.41. The van der Waals surface area contributed by atoms with Gasteiger partial charge in [-0.25, -0.2) is 0 Å². The van der Waals surface area contributed by atoms with E-state index in [0.29, 0.717) is 5.54 Å². The van der Waals surface area contributed by atoms with E-state index < -0.39 is 0 Å². The van der Waals surface area contributed by atoms with Crippen LogP contribution in [0.5, 0.6) is 0 Å². The summed E-state index contributed by atoms with van der Waals surface area (Å²) in [7, 11) is 0. The van der Waals surface area contributed by atoms with Crippen LogP contribution in [0.1, 0.15) is 52.9 Å². The summed E-state index contributed by atoms with van der Waals surface area (Å²) < 4.78 is 0. The third kappa shape index (κ3) is 2.14. The van der Waals surface area contributed by atoms with Crippen LogP contribution in [0.3, 0.4) is 0 Å². The SMILES string of the molecule is CCC(C)C1CN(C2(CC)CCC2)CCN1. The second-order valence-corrected chi connectivity index (χ2v) is 5.82. The van der Waals surface area contributed by atoms with Gasteiger partial charge in [-0.3, -0.25) is 4.90 Å². The molecule has 1 saturated carbocycles. The van der Waals surface area contributed by atoms with Gasteiger partial charge in [0.25, 0.3) is 0 Å². The Morgan fingerprint density at radius 2 is 2.12 bits per heavy atom. The zero-order valence-electron chi connectivity index (χ0n) is 11.3. The molecule has 16 heavy (non-hydrogen) atoms. The van der Waals surface area contributed by atoms with Crippen molar-refractivity contribution in [2.75, 3.05) is 19.6 Å². The molecule has 0 radical (unpaired) electrons. The van der Waals surface area contributed by atoms with E-state index in [-0.39, 0.29) is 0 Å². The van der Waals surface area contributed by atoms with Crippen LogP contribution in [-0.4, -0.2) is 36.1 Å². The van der Waals surface area contributed by atoms with Crippen LogP contribution in [0.25, 0.3) is 0 Å². The van der Waals surface area contributed by atoms with Gasteiger partial charge in [-0.15, -0.1) is 0 Å². The van der Waals surface area contributed by atoms with Gasteiger partial charge < -0.3 is 5.32 Å². The lowest BCUT2D eigenvalue weighted by molar-refractivity contribution is -0.0137. The van der Waals surface area contributed by atoms with Crippen molar-refractivity contribution >= 4 is 0 Å². The Labute approximate surface area is 101 Å². The van der Waals surface area contributed by atoms with Crippen LogP contribution in [0.4, 0.5) is 0 Å². The van der Waals surface area contributed by atoms with Gasteiger partial charge in [-0.2, -0.15) is 0 Å². The molecule has 1 saturated heterocycles. The summed E-state index contributed by atoms with van der Waals surface area (Å²) in [6.07, 6.45) is 6.98. The van der Waals surface area contributed by atoms with Crippen molar-refractivity contribution in [3.05, 3.63) is 0 Å². The fourth-order valence-electron chi connectivity index (χ4n) is 3.35. The number of nitrogens with one attached hydrogen (secondary N) is 1. The molecule has 1 aliphatic carbocycles.